The lowest BCUT2D eigenvalue weighted by molar-refractivity contribution is 0.675. The van der Waals surface area contributed by atoms with Crippen molar-refractivity contribution >= 4 is 108 Å². The fraction of sp³-hybridized carbons (Fsp3) is 0.0169. The highest BCUT2D eigenvalue weighted by molar-refractivity contribution is 7.26. The van der Waals surface area contributed by atoms with Gasteiger partial charge in [0.25, 0.3) is 0 Å². The maximum atomic E-state index is 5.52. The molecule has 0 fully saturated rings. The van der Waals surface area contributed by atoms with Crippen LogP contribution in [0.2, 0.25) is 0 Å². The molecule has 1 aliphatic rings. The Labute approximate surface area is 377 Å². The van der Waals surface area contributed by atoms with Gasteiger partial charge in [0.05, 0.1) is 32.5 Å². The smallest absolute Gasteiger partial charge is 0.159 e. The Morgan fingerprint density at radius 3 is 1.88 bits per heavy atom. The summed E-state index contributed by atoms with van der Waals surface area (Å²) in [7, 11) is 0. The topological polar surface area (TPSA) is 46.6 Å². The summed E-state index contributed by atoms with van der Waals surface area (Å²) in [4.78, 5) is 11.0. The average molecular weight is 848 g/mol. The van der Waals surface area contributed by atoms with E-state index in [1.165, 1.54) is 74.4 Å². The lowest BCUT2D eigenvalue weighted by Crippen LogP contribution is -2.33. The van der Waals surface area contributed by atoms with Gasteiger partial charge in [0, 0.05) is 53.8 Å². The predicted molar refractivity (Wildman–Crippen MR) is 275 cm³/mol. The number of hydrogen-bond donors (Lipinski definition) is 1. The summed E-state index contributed by atoms with van der Waals surface area (Å²) in [6.45, 7) is 0. The van der Waals surface area contributed by atoms with E-state index in [0.717, 1.165) is 44.8 Å². The molecule has 0 saturated carbocycles. The van der Waals surface area contributed by atoms with Gasteiger partial charge in [-0.1, -0.05) is 133 Å². The molecule has 13 aromatic rings. The van der Waals surface area contributed by atoms with Crippen LogP contribution in [-0.2, 0) is 0 Å². The number of aliphatic imine (C=N–C) groups is 2. The molecule has 0 bridgehead atoms. The molecular formula is C59H37N5S. The first-order valence-corrected chi connectivity index (χ1v) is 22.9. The molecule has 14 rings (SSSR count). The van der Waals surface area contributed by atoms with Crippen LogP contribution in [0, 0.1) is 0 Å². The van der Waals surface area contributed by atoms with Crippen LogP contribution in [0.25, 0.3) is 96.7 Å². The molecule has 5 nitrogen and oxygen atoms in total. The van der Waals surface area contributed by atoms with E-state index in [9.17, 15) is 0 Å². The maximum Gasteiger partial charge on any atom is 0.159 e. The molecule has 0 amide bonds. The third-order valence-electron chi connectivity index (χ3n) is 13.3. The van der Waals surface area contributed by atoms with Crippen molar-refractivity contribution in [2.75, 3.05) is 0 Å². The lowest BCUT2D eigenvalue weighted by atomic mass is 10.0. The van der Waals surface area contributed by atoms with Gasteiger partial charge in [-0.05, 0) is 106 Å². The van der Waals surface area contributed by atoms with Gasteiger partial charge in [-0.15, -0.1) is 11.3 Å². The highest BCUT2D eigenvalue weighted by atomic mass is 32.1. The zero-order chi connectivity index (χ0) is 42.6. The van der Waals surface area contributed by atoms with Crippen LogP contribution in [-0.4, -0.2) is 20.8 Å². The van der Waals surface area contributed by atoms with E-state index in [-0.39, 0.29) is 6.17 Å². The molecule has 0 aliphatic carbocycles. The standard InChI is InChI=1S/C59H37N5S/c1-2-18-42(19-3-1)63-49-23-11-8-20-43(49)47-34-41(28-30-51(47)63)58-60-57(40-27-26-36-14-4-5-15-37(36)32-40)61-59(62-58)46-29-31-52(56-55(46)45-22-10-13-25-54(45)65-56)64-50-24-12-9-21-44(50)48-33-38-16-6-7-17-39(38)35-53(48)64/h1-35,57H,(H,60,61,62). The number of amidine groups is 2. The fourth-order valence-electron chi connectivity index (χ4n) is 10.3. The Morgan fingerprint density at radius 1 is 0.446 bits per heavy atom. The average Bonchev–Trinajstić information content (AvgIpc) is 4.03. The van der Waals surface area contributed by atoms with Gasteiger partial charge >= 0.3 is 0 Å². The quantitative estimate of drug-likeness (QED) is 0.184. The van der Waals surface area contributed by atoms with Crippen molar-refractivity contribution < 1.29 is 0 Å². The molecule has 1 atom stereocenters. The lowest BCUT2D eigenvalue weighted by Gasteiger charge is -2.25. The second-order valence-electron chi connectivity index (χ2n) is 17.0. The Morgan fingerprint density at radius 2 is 1.08 bits per heavy atom. The van der Waals surface area contributed by atoms with Gasteiger partial charge in [-0.2, -0.15) is 0 Å². The summed E-state index contributed by atoms with van der Waals surface area (Å²) in [5, 5.41) is 16.0. The SMILES string of the molecule is c1ccc(-n2c3ccccc3c3cc(C4=NC(c5ccc6ccccc6c5)NC(c5ccc(-n6c7ccccc7c7cc8ccccc8cc76)c6sc7ccccc7c56)=N4)ccc32)cc1. The van der Waals surface area contributed by atoms with Crippen LogP contribution < -0.4 is 5.32 Å². The van der Waals surface area contributed by atoms with E-state index in [4.69, 9.17) is 9.98 Å². The minimum Gasteiger partial charge on any atom is -0.344 e. The summed E-state index contributed by atoms with van der Waals surface area (Å²) in [6, 6.07) is 76.8. The van der Waals surface area contributed by atoms with Crippen LogP contribution in [0.1, 0.15) is 22.9 Å². The molecular weight excluding hydrogens is 811 g/mol. The minimum absolute atomic E-state index is 0.381. The number of nitrogens with one attached hydrogen (secondary N) is 1. The number of aromatic nitrogens is 2. The Hall–Kier alpha value is -8.32. The zero-order valence-electron chi connectivity index (χ0n) is 35.0. The molecule has 304 valence electrons. The number of rotatable bonds is 5. The number of nitrogens with zero attached hydrogens (tertiary/aromatic N) is 4. The van der Waals surface area contributed by atoms with Crippen molar-refractivity contribution in [1.82, 2.24) is 14.5 Å². The first-order chi connectivity index (χ1) is 32.2. The van der Waals surface area contributed by atoms with Crippen LogP contribution in [0.4, 0.5) is 0 Å². The van der Waals surface area contributed by atoms with Crippen LogP contribution >= 0.6 is 11.3 Å². The number of para-hydroxylation sites is 3. The fourth-order valence-corrected chi connectivity index (χ4v) is 11.6. The molecule has 0 radical (unpaired) electrons. The second-order valence-corrected chi connectivity index (χ2v) is 18.0. The molecule has 6 heteroatoms. The van der Waals surface area contributed by atoms with Crippen molar-refractivity contribution in [3.63, 3.8) is 0 Å². The van der Waals surface area contributed by atoms with E-state index < -0.39 is 0 Å². The van der Waals surface area contributed by atoms with Crippen molar-refractivity contribution in [3.8, 4) is 11.4 Å². The normalized spacial score (nSPS) is 14.3. The number of fused-ring (bicyclic) bond motifs is 11. The van der Waals surface area contributed by atoms with Crippen molar-refractivity contribution in [2.45, 2.75) is 6.17 Å². The molecule has 0 spiro atoms. The molecule has 4 heterocycles. The monoisotopic (exact) mass is 847 g/mol. The summed E-state index contributed by atoms with van der Waals surface area (Å²) in [5.74, 6) is 1.50. The highest BCUT2D eigenvalue weighted by Crippen LogP contribution is 2.44. The third-order valence-corrected chi connectivity index (χ3v) is 14.5. The van der Waals surface area contributed by atoms with Crippen molar-refractivity contribution in [3.05, 3.63) is 229 Å². The number of hydrogen-bond acceptors (Lipinski definition) is 4. The number of benzene rings is 10. The van der Waals surface area contributed by atoms with Crippen LogP contribution in [0.15, 0.2) is 222 Å². The first kappa shape index (κ1) is 36.2. The van der Waals surface area contributed by atoms with E-state index in [2.05, 4.69) is 227 Å². The van der Waals surface area contributed by atoms with Crippen molar-refractivity contribution in [2.24, 2.45) is 9.98 Å². The molecule has 0 saturated heterocycles. The molecule has 1 unspecified atom stereocenters. The van der Waals surface area contributed by atoms with E-state index in [0.29, 0.717) is 5.84 Å². The van der Waals surface area contributed by atoms with Crippen LogP contribution in [0.3, 0.4) is 0 Å². The van der Waals surface area contributed by atoms with Gasteiger partial charge in [-0.3, -0.25) is 0 Å². The highest BCUT2D eigenvalue weighted by Gasteiger charge is 2.26. The van der Waals surface area contributed by atoms with Gasteiger partial charge in [0.2, 0.25) is 0 Å². The third kappa shape index (κ3) is 5.57. The summed E-state index contributed by atoms with van der Waals surface area (Å²) in [5.41, 5.74) is 10.1. The summed E-state index contributed by atoms with van der Waals surface area (Å²) >= 11 is 1.85. The molecule has 10 aromatic carbocycles. The molecule has 65 heavy (non-hydrogen) atoms. The van der Waals surface area contributed by atoms with E-state index >= 15 is 0 Å². The molecule has 3 aromatic heterocycles. The molecule has 1 N–H and O–H groups in total. The predicted octanol–water partition coefficient (Wildman–Crippen LogP) is 15.1. The number of thiophene rings is 1. The van der Waals surface area contributed by atoms with Crippen molar-refractivity contribution in [1.29, 1.82) is 0 Å². The van der Waals surface area contributed by atoms with Crippen LogP contribution in [0.5, 0.6) is 0 Å². The Bertz CT molecular complexity index is 4170. The molecule has 1 aliphatic heterocycles. The van der Waals surface area contributed by atoms with Gasteiger partial charge in [0.1, 0.15) is 12.0 Å². The summed E-state index contributed by atoms with van der Waals surface area (Å²) < 4.78 is 7.27. The summed E-state index contributed by atoms with van der Waals surface area (Å²) in [6.07, 6.45) is -0.381. The van der Waals surface area contributed by atoms with E-state index in [1.807, 2.05) is 11.3 Å². The Kier molecular flexibility index (Phi) is 7.85. The largest absolute Gasteiger partial charge is 0.344 e. The first-order valence-electron chi connectivity index (χ1n) is 22.1. The zero-order valence-corrected chi connectivity index (χ0v) is 35.8. The van der Waals surface area contributed by atoms with Gasteiger partial charge < -0.3 is 14.5 Å². The second kappa shape index (κ2) is 14.1. The minimum atomic E-state index is -0.381. The maximum absolute atomic E-state index is 5.52. The Balaban J connectivity index is 1.00. The van der Waals surface area contributed by atoms with Gasteiger partial charge in [-0.25, -0.2) is 9.98 Å². The van der Waals surface area contributed by atoms with Gasteiger partial charge in [0.15, 0.2) is 5.84 Å². The van der Waals surface area contributed by atoms with E-state index in [1.54, 1.807) is 0 Å².